The van der Waals surface area contributed by atoms with Crippen molar-refractivity contribution < 1.29 is 4.74 Å². The topological polar surface area (TPSA) is 47.9 Å². The molecule has 5 heteroatoms. The van der Waals surface area contributed by atoms with Crippen LogP contribution in [-0.2, 0) is 6.42 Å². The van der Waals surface area contributed by atoms with E-state index in [2.05, 4.69) is 97.9 Å². The first-order valence-electron chi connectivity index (χ1n) is 15.5. The minimum absolute atomic E-state index is 0.104. The Kier molecular flexibility index (Phi) is 7.28. The van der Waals surface area contributed by atoms with E-state index in [1.54, 1.807) is 0 Å². The molecule has 1 aromatic heterocycles. The number of para-hydroxylation sites is 1. The molecule has 0 saturated carbocycles. The van der Waals surface area contributed by atoms with E-state index in [0.717, 1.165) is 33.4 Å². The smallest absolute Gasteiger partial charge is 0.163 e. The summed E-state index contributed by atoms with van der Waals surface area (Å²) in [5.41, 5.74) is 7.64. The van der Waals surface area contributed by atoms with Gasteiger partial charge in [0.2, 0.25) is 0 Å². The summed E-state index contributed by atoms with van der Waals surface area (Å²) in [6, 6.07) is 39.8. The van der Waals surface area contributed by atoms with Crippen molar-refractivity contribution in [1.29, 1.82) is 0 Å². The van der Waals surface area contributed by atoms with E-state index in [4.69, 9.17) is 31.3 Å². The molecule has 222 valence electrons. The fraction of sp³-hybridized carbons (Fsp3) is 0.0976. The van der Waals surface area contributed by atoms with Crippen molar-refractivity contribution in [2.24, 2.45) is 0 Å². The van der Waals surface area contributed by atoms with Gasteiger partial charge in [0, 0.05) is 28.2 Å². The average Bonchev–Trinajstić information content (AvgIpc) is 3.48. The van der Waals surface area contributed by atoms with Gasteiger partial charge in [-0.2, -0.15) is 0 Å². The summed E-state index contributed by atoms with van der Waals surface area (Å²) >= 11 is 6.97. The zero-order valence-corrected chi connectivity index (χ0v) is 26.0. The van der Waals surface area contributed by atoms with Gasteiger partial charge in [-0.15, -0.1) is 0 Å². The molecule has 2 heterocycles. The number of allylic oxidation sites excluding steroid dienone is 3. The summed E-state index contributed by atoms with van der Waals surface area (Å²) in [6.45, 7) is 2.14. The van der Waals surface area contributed by atoms with Crippen LogP contribution in [0.2, 0.25) is 0 Å². The van der Waals surface area contributed by atoms with Gasteiger partial charge in [0.25, 0.3) is 0 Å². The zero-order chi connectivity index (χ0) is 31.0. The highest BCUT2D eigenvalue weighted by molar-refractivity contribution is 6.34. The van der Waals surface area contributed by atoms with Crippen LogP contribution in [0, 0.1) is 6.92 Å². The largest absolute Gasteiger partial charge is 0.485 e. The molecule has 1 aliphatic carbocycles. The van der Waals surface area contributed by atoms with Crippen LogP contribution in [0.3, 0.4) is 0 Å². The van der Waals surface area contributed by atoms with E-state index >= 15 is 0 Å². The highest BCUT2D eigenvalue weighted by Gasteiger charge is 2.40. The van der Waals surface area contributed by atoms with Crippen molar-refractivity contribution in [2.45, 2.75) is 25.4 Å². The van der Waals surface area contributed by atoms with Crippen LogP contribution in [0.1, 0.15) is 34.3 Å². The zero-order valence-electron chi connectivity index (χ0n) is 25.3. The van der Waals surface area contributed by atoms with Crippen molar-refractivity contribution >= 4 is 34.0 Å². The molecule has 2 unspecified atom stereocenters. The number of benzene rings is 5. The minimum Gasteiger partial charge on any atom is -0.485 e. The van der Waals surface area contributed by atoms with E-state index in [-0.39, 0.29) is 12.0 Å². The molecule has 8 rings (SSSR count). The van der Waals surface area contributed by atoms with Gasteiger partial charge in [-0.1, -0.05) is 121 Å². The molecule has 0 spiro atoms. The summed E-state index contributed by atoms with van der Waals surface area (Å²) < 4.78 is 6.31. The average molecular weight is 616 g/mol. The van der Waals surface area contributed by atoms with Gasteiger partial charge in [0.15, 0.2) is 11.6 Å². The fourth-order valence-electron chi connectivity index (χ4n) is 6.38. The second-order valence-corrected chi connectivity index (χ2v) is 12.1. The van der Waals surface area contributed by atoms with E-state index < -0.39 is 0 Å². The summed E-state index contributed by atoms with van der Waals surface area (Å²) in [5, 5.41) is 2.92. The molecule has 5 aromatic carbocycles. The van der Waals surface area contributed by atoms with Crippen LogP contribution in [0.25, 0.3) is 44.9 Å². The van der Waals surface area contributed by atoms with Gasteiger partial charge >= 0.3 is 0 Å². The van der Waals surface area contributed by atoms with Crippen molar-refractivity contribution in [3.05, 3.63) is 167 Å². The van der Waals surface area contributed by atoms with Gasteiger partial charge in [-0.3, -0.25) is 0 Å². The molecule has 0 bridgehead atoms. The van der Waals surface area contributed by atoms with Gasteiger partial charge in [-0.05, 0) is 70.3 Å². The third-order valence-corrected chi connectivity index (χ3v) is 9.09. The summed E-state index contributed by atoms with van der Waals surface area (Å²) in [5.74, 6) is 2.64. The van der Waals surface area contributed by atoms with E-state index in [1.807, 2.05) is 48.6 Å². The quantitative estimate of drug-likeness (QED) is 0.187. The Morgan fingerprint density at radius 2 is 1.48 bits per heavy atom. The van der Waals surface area contributed by atoms with Gasteiger partial charge in [0.1, 0.15) is 17.7 Å². The SMILES string of the molecule is Cc1ccc(-c2ccccc2)cc1/C=C\Cc1nc(C2=C(Cl)C=CC3Oc4ccccc4C23)nc(-c2ccc3ccccc3c2)n1. The molecule has 6 aromatic rings. The molecule has 0 amide bonds. The molecular weight excluding hydrogens is 586 g/mol. The van der Waals surface area contributed by atoms with Crippen LogP contribution >= 0.6 is 11.6 Å². The number of ether oxygens (including phenoxy) is 1. The predicted octanol–water partition coefficient (Wildman–Crippen LogP) is 9.99. The maximum atomic E-state index is 6.97. The third kappa shape index (κ3) is 5.31. The first-order valence-corrected chi connectivity index (χ1v) is 15.9. The normalized spacial score (nSPS) is 16.9. The van der Waals surface area contributed by atoms with Crippen molar-refractivity contribution in [3.8, 4) is 28.3 Å². The third-order valence-electron chi connectivity index (χ3n) is 8.76. The number of hydrogen-bond acceptors (Lipinski definition) is 4. The minimum atomic E-state index is -0.168. The Morgan fingerprint density at radius 3 is 2.37 bits per heavy atom. The van der Waals surface area contributed by atoms with E-state index in [9.17, 15) is 0 Å². The van der Waals surface area contributed by atoms with Gasteiger partial charge in [0.05, 0.1) is 5.92 Å². The molecule has 46 heavy (non-hydrogen) atoms. The number of rotatable bonds is 6. The van der Waals surface area contributed by atoms with Crippen molar-refractivity contribution in [3.63, 3.8) is 0 Å². The molecule has 1 aliphatic heterocycles. The Morgan fingerprint density at radius 1 is 0.717 bits per heavy atom. The van der Waals surface area contributed by atoms with Crippen LogP contribution in [0.15, 0.2) is 139 Å². The number of hydrogen-bond donors (Lipinski definition) is 0. The second-order valence-electron chi connectivity index (χ2n) is 11.7. The van der Waals surface area contributed by atoms with E-state index in [0.29, 0.717) is 28.9 Å². The number of fused-ring (bicyclic) bond motifs is 4. The molecule has 2 atom stereocenters. The van der Waals surface area contributed by atoms with Crippen molar-refractivity contribution in [1.82, 2.24) is 15.0 Å². The summed E-state index contributed by atoms with van der Waals surface area (Å²) in [7, 11) is 0. The maximum absolute atomic E-state index is 6.97. The van der Waals surface area contributed by atoms with Gasteiger partial charge in [-0.25, -0.2) is 15.0 Å². The molecular formula is C41H30ClN3O. The summed E-state index contributed by atoms with van der Waals surface area (Å²) in [6.07, 6.45) is 8.59. The van der Waals surface area contributed by atoms with Crippen LogP contribution < -0.4 is 4.74 Å². The highest BCUT2D eigenvalue weighted by atomic mass is 35.5. The monoisotopic (exact) mass is 615 g/mol. The Balaban J connectivity index is 1.20. The molecule has 2 aliphatic rings. The van der Waals surface area contributed by atoms with Crippen LogP contribution in [-0.4, -0.2) is 21.1 Å². The van der Waals surface area contributed by atoms with Gasteiger partial charge < -0.3 is 4.74 Å². The fourth-order valence-corrected chi connectivity index (χ4v) is 6.66. The van der Waals surface area contributed by atoms with Crippen molar-refractivity contribution in [2.75, 3.05) is 0 Å². The molecule has 0 N–H and O–H groups in total. The number of aromatic nitrogens is 3. The standard InChI is InChI=1S/C41H30ClN3O/c1-26-18-19-31(27-10-3-2-4-11-27)24-29(26)14-9-17-37-43-40(32-21-20-28-12-5-6-13-30(28)25-32)45-41(44-37)39-34(42)22-23-36-38(39)33-15-7-8-16-35(33)46-36/h2-16,18-25,36,38H,17H2,1H3/b14-9-. The maximum Gasteiger partial charge on any atom is 0.163 e. The Labute approximate surface area is 273 Å². The Hall–Kier alpha value is -5.32. The number of halogens is 1. The molecule has 0 fully saturated rings. The number of aryl methyl sites for hydroxylation is 1. The lowest BCUT2D eigenvalue weighted by Gasteiger charge is -2.23. The lowest BCUT2D eigenvalue weighted by molar-refractivity contribution is 0.271. The second kappa shape index (κ2) is 11.9. The molecule has 0 saturated heterocycles. The summed E-state index contributed by atoms with van der Waals surface area (Å²) in [4.78, 5) is 15.1. The first kappa shape index (κ1) is 28.2. The first-order chi connectivity index (χ1) is 22.6. The van der Waals surface area contributed by atoms with Crippen LogP contribution in [0.5, 0.6) is 5.75 Å². The lowest BCUT2D eigenvalue weighted by Crippen LogP contribution is -2.22. The van der Waals surface area contributed by atoms with Crippen LogP contribution in [0.4, 0.5) is 0 Å². The number of nitrogens with zero attached hydrogens (tertiary/aromatic N) is 3. The molecule has 0 radical (unpaired) electrons. The van der Waals surface area contributed by atoms with E-state index in [1.165, 1.54) is 22.1 Å². The highest BCUT2D eigenvalue weighted by Crippen LogP contribution is 2.49. The Bertz CT molecular complexity index is 2200. The predicted molar refractivity (Wildman–Crippen MR) is 188 cm³/mol. The molecule has 4 nitrogen and oxygen atoms in total. The lowest BCUT2D eigenvalue weighted by atomic mass is 9.84.